The molecule has 0 aromatic rings. The average molecular weight is 1120 g/mol. The van der Waals surface area contributed by atoms with E-state index in [4.69, 9.17) is 14.2 Å². The first-order valence-electron chi connectivity index (χ1n) is 34.9. The van der Waals surface area contributed by atoms with E-state index in [1.807, 2.05) is 6.08 Å². The van der Waals surface area contributed by atoms with Crippen LogP contribution in [-0.4, -0.2) is 37.2 Å². The van der Waals surface area contributed by atoms with Gasteiger partial charge in [-0.2, -0.15) is 0 Å². The smallest absolute Gasteiger partial charge is 0.306 e. The number of esters is 3. The normalized spacial score (nSPS) is 12.5. The first-order valence-corrected chi connectivity index (χ1v) is 34.9. The molecule has 6 nitrogen and oxygen atoms in total. The molecule has 0 aliphatic rings. The largest absolute Gasteiger partial charge is 0.462 e. The Morgan fingerprint density at radius 1 is 0.263 bits per heavy atom. The Morgan fingerprint density at radius 3 is 0.875 bits per heavy atom. The Morgan fingerprint density at radius 2 is 0.525 bits per heavy atom. The topological polar surface area (TPSA) is 78.9 Å². The molecular formula is C74H132O6. The lowest BCUT2D eigenvalue weighted by Gasteiger charge is -2.18. The summed E-state index contributed by atoms with van der Waals surface area (Å²) >= 11 is 0. The van der Waals surface area contributed by atoms with E-state index in [0.29, 0.717) is 19.3 Å². The Balaban J connectivity index is 4.07. The van der Waals surface area contributed by atoms with Crippen molar-refractivity contribution in [2.75, 3.05) is 13.2 Å². The van der Waals surface area contributed by atoms with Crippen LogP contribution in [-0.2, 0) is 28.6 Å². The van der Waals surface area contributed by atoms with Gasteiger partial charge in [0.2, 0.25) is 0 Å². The monoisotopic (exact) mass is 1120 g/mol. The van der Waals surface area contributed by atoms with Crippen molar-refractivity contribution in [3.63, 3.8) is 0 Å². The summed E-state index contributed by atoms with van der Waals surface area (Å²) in [6, 6.07) is 0. The van der Waals surface area contributed by atoms with E-state index in [1.54, 1.807) is 0 Å². The standard InChI is InChI=1S/C74H132O6/c1-4-7-10-13-16-19-22-25-27-28-29-30-31-32-33-34-35-36-37-38-39-40-41-42-43-44-45-46-47-50-52-55-58-61-64-67-73(76)79-70-71(69-78-72(75)66-63-60-57-54-51-48-24-21-18-15-12-9-6-3)80-74(77)68-65-62-59-56-53-49-26-23-20-17-14-11-8-5-2/h9,12,14,17-18,21,23,26,48,51,57,60,71H,4-8,10-11,13,15-16,19-20,22,24-25,27-47,49-50,52-56,58-59,61-70H2,1-3H3/b12-9-,17-14-,21-18-,26-23-,51-48-,60-57-. The van der Waals surface area contributed by atoms with Crippen LogP contribution in [0.25, 0.3) is 0 Å². The molecule has 464 valence electrons. The van der Waals surface area contributed by atoms with E-state index in [9.17, 15) is 14.4 Å². The summed E-state index contributed by atoms with van der Waals surface area (Å²) < 4.78 is 16.8. The van der Waals surface area contributed by atoms with Crippen LogP contribution in [0.5, 0.6) is 0 Å². The molecule has 0 N–H and O–H groups in total. The summed E-state index contributed by atoms with van der Waals surface area (Å²) in [7, 11) is 0. The van der Waals surface area contributed by atoms with Crippen LogP contribution in [0.2, 0.25) is 0 Å². The van der Waals surface area contributed by atoms with E-state index in [-0.39, 0.29) is 37.5 Å². The van der Waals surface area contributed by atoms with Gasteiger partial charge in [-0.25, -0.2) is 0 Å². The molecule has 0 aromatic heterocycles. The molecule has 0 radical (unpaired) electrons. The second kappa shape index (κ2) is 68.3. The zero-order chi connectivity index (χ0) is 57.8. The number of carbonyl (C=O) groups is 3. The predicted octanol–water partition coefficient (Wildman–Crippen LogP) is 24.1. The number of ether oxygens (including phenoxy) is 3. The van der Waals surface area contributed by atoms with Crippen LogP contribution in [0.1, 0.15) is 361 Å². The summed E-state index contributed by atoms with van der Waals surface area (Å²) in [5.41, 5.74) is 0. The molecule has 0 spiro atoms. The lowest BCUT2D eigenvalue weighted by Crippen LogP contribution is -2.30. The van der Waals surface area contributed by atoms with Crippen molar-refractivity contribution in [2.45, 2.75) is 367 Å². The summed E-state index contributed by atoms with van der Waals surface area (Å²) in [5.74, 6) is -0.987. The molecule has 0 aliphatic heterocycles. The van der Waals surface area contributed by atoms with E-state index < -0.39 is 6.10 Å². The first kappa shape index (κ1) is 76.9. The van der Waals surface area contributed by atoms with Crippen molar-refractivity contribution in [1.29, 1.82) is 0 Å². The summed E-state index contributed by atoms with van der Waals surface area (Å²) in [6.45, 7) is 6.45. The Hall–Kier alpha value is -3.15. The van der Waals surface area contributed by atoms with E-state index in [1.165, 1.54) is 225 Å². The zero-order valence-corrected chi connectivity index (χ0v) is 53.3. The molecule has 0 amide bonds. The van der Waals surface area contributed by atoms with Crippen molar-refractivity contribution < 1.29 is 28.6 Å². The predicted molar refractivity (Wildman–Crippen MR) is 348 cm³/mol. The molecule has 0 saturated heterocycles. The van der Waals surface area contributed by atoms with Gasteiger partial charge in [-0.1, -0.05) is 344 Å². The third-order valence-corrected chi connectivity index (χ3v) is 15.5. The van der Waals surface area contributed by atoms with Gasteiger partial charge < -0.3 is 14.2 Å². The van der Waals surface area contributed by atoms with Crippen LogP contribution < -0.4 is 0 Å². The van der Waals surface area contributed by atoms with Crippen LogP contribution in [0.15, 0.2) is 72.9 Å². The Labute approximate surface area is 497 Å². The van der Waals surface area contributed by atoms with Crippen LogP contribution in [0.4, 0.5) is 0 Å². The average Bonchev–Trinajstić information content (AvgIpc) is 3.46. The molecule has 1 atom stereocenters. The quantitative estimate of drug-likeness (QED) is 0.0261. The summed E-state index contributed by atoms with van der Waals surface area (Å²) in [5, 5.41) is 0. The third-order valence-electron chi connectivity index (χ3n) is 15.5. The molecule has 6 heteroatoms. The van der Waals surface area contributed by atoms with Crippen LogP contribution in [0.3, 0.4) is 0 Å². The van der Waals surface area contributed by atoms with Gasteiger partial charge in [-0.05, 0) is 70.6 Å². The van der Waals surface area contributed by atoms with Crippen LogP contribution in [0, 0.1) is 0 Å². The molecular weight excluding hydrogens is 985 g/mol. The molecule has 1 unspecified atom stereocenters. The molecule has 0 rings (SSSR count). The van der Waals surface area contributed by atoms with Crippen molar-refractivity contribution in [3.8, 4) is 0 Å². The van der Waals surface area contributed by atoms with E-state index in [0.717, 1.165) is 89.9 Å². The lowest BCUT2D eigenvalue weighted by atomic mass is 10.0. The molecule has 0 aliphatic carbocycles. The van der Waals surface area contributed by atoms with Crippen LogP contribution >= 0.6 is 0 Å². The van der Waals surface area contributed by atoms with Crippen molar-refractivity contribution in [1.82, 2.24) is 0 Å². The van der Waals surface area contributed by atoms with Gasteiger partial charge >= 0.3 is 17.9 Å². The molecule has 0 fully saturated rings. The molecule has 0 saturated carbocycles. The number of allylic oxidation sites excluding steroid dienone is 12. The fraction of sp³-hybridized carbons (Fsp3) is 0.797. The summed E-state index contributed by atoms with van der Waals surface area (Å²) in [4.78, 5) is 38.2. The SMILES string of the molecule is CC/C=C\C/C=C\C/C=C\C/C=C\CCC(=O)OCC(COC(=O)CCCCCCCCCCCCCCCCCCCCCCCCCCCCCCCCCCCCC)OC(=O)CCCCCCC/C=C\C/C=C\CCCC. The number of carbonyl (C=O) groups excluding carboxylic acids is 3. The highest BCUT2D eigenvalue weighted by Gasteiger charge is 2.19. The molecule has 0 heterocycles. The fourth-order valence-electron chi connectivity index (χ4n) is 10.2. The maximum absolute atomic E-state index is 12.9. The van der Waals surface area contributed by atoms with Gasteiger partial charge in [-0.15, -0.1) is 0 Å². The number of hydrogen-bond acceptors (Lipinski definition) is 6. The second-order valence-electron chi connectivity index (χ2n) is 23.4. The van der Waals surface area contributed by atoms with Crippen molar-refractivity contribution >= 4 is 17.9 Å². The zero-order valence-electron chi connectivity index (χ0n) is 53.3. The Kier molecular flexibility index (Phi) is 65.7. The minimum Gasteiger partial charge on any atom is -0.462 e. The highest BCUT2D eigenvalue weighted by Crippen LogP contribution is 2.18. The number of rotatable bonds is 64. The second-order valence-corrected chi connectivity index (χ2v) is 23.4. The fourth-order valence-corrected chi connectivity index (χ4v) is 10.2. The van der Waals surface area contributed by atoms with Gasteiger partial charge in [0, 0.05) is 19.3 Å². The van der Waals surface area contributed by atoms with Gasteiger partial charge in [0.25, 0.3) is 0 Å². The van der Waals surface area contributed by atoms with Gasteiger partial charge in [0.1, 0.15) is 13.2 Å². The summed E-state index contributed by atoms with van der Waals surface area (Å²) in [6.07, 6.45) is 89.8. The number of hydrogen-bond donors (Lipinski definition) is 0. The first-order chi connectivity index (χ1) is 39.5. The molecule has 80 heavy (non-hydrogen) atoms. The maximum atomic E-state index is 12.9. The minimum absolute atomic E-state index is 0.101. The Bertz CT molecular complexity index is 1470. The van der Waals surface area contributed by atoms with Crippen molar-refractivity contribution in [3.05, 3.63) is 72.9 Å². The molecule has 0 aromatic carbocycles. The van der Waals surface area contributed by atoms with Gasteiger partial charge in [0.15, 0.2) is 6.10 Å². The van der Waals surface area contributed by atoms with Gasteiger partial charge in [-0.3, -0.25) is 14.4 Å². The van der Waals surface area contributed by atoms with Gasteiger partial charge in [0.05, 0.1) is 0 Å². The highest BCUT2D eigenvalue weighted by atomic mass is 16.6. The maximum Gasteiger partial charge on any atom is 0.306 e. The third kappa shape index (κ3) is 65.7. The molecule has 0 bridgehead atoms. The highest BCUT2D eigenvalue weighted by molar-refractivity contribution is 5.71. The van der Waals surface area contributed by atoms with Crippen molar-refractivity contribution in [2.24, 2.45) is 0 Å². The number of unbranched alkanes of at least 4 members (excludes halogenated alkanes) is 41. The lowest BCUT2D eigenvalue weighted by molar-refractivity contribution is -0.166. The van der Waals surface area contributed by atoms with E-state index in [2.05, 4.69) is 87.6 Å². The van der Waals surface area contributed by atoms with E-state index >= 15 is 0 Å². The minimum atomic E-state index is -0.811.